The lowest BCUT2D eigenvalue weighted by Gasteiger charge is -2.32. The first-order chi connectivity index (χ1) is 17.6. The van der Waals surface area contributed by atoms with Crippen LogP contribution in [0.15, 0.2) is 83.5 Å². The second-order valence-electron chi connectivity index (χ2n) is 9.52. The van der Waals surface area contributed by atoms with Gasteiger partial charge in [-0.1, -0.05) is 66.2 Å². The van der Waals surface area contributed by atoms with Crippen LogP contribution in [0.3, 0.4) is 0 Å². The number of aromatic nitrogens is 3. The molecule has 0 spiro atoms. The molecule has 1 aliphatic rings. The number of fused-ring (bicyclic) bond motifs is 2. The van der Waals surface area contributed by atoms with Crippen molar-refractivity contribution in [3.8, 4) is 11.3 Å². The lowest BCUT2D eigenvalue weighted by atomic mass is 9.96. The lowest BCUT2D eigenvalue weighted by molar-refractivity contribution is 0.182. The molecular weight excluding hydrogens is 534 g/mol. The smallest absolute Gasteiger partial charge is 0.172 e. The van der Waals surface area contributed by atoms with E-state index in [4.69, 9.17) is 16.6 Å². The van der Waals surface area contributed by atoms with E-state index in [1.54, 1.807) is 6.20 Å². The summed E-state index contributed by atoms with van der Waals surface area (Å²) in [5.41, 5.74) is 3.92. The van der Waals surface area contributed by atoms with E-state index in [9.17, 15) is 0 Å². The Morgan fingerprint density at radius 3 is 2.56 bits per heavy atom. The van der Waals surface area contributed by atoms with Gasteiger partial charge in [-0.2, -0.15) is 9.61 Å². The summed E-state index contributed by atoms with van der Waals surface area (Å²) in [5.74, 6) is 1.54. The quantitative estimate of drug-likeness (QED) is 0.237. The molecule has 5 aromatic rings. The van der Waals surface area contributed by atoms with E-state index in [1.165, 1.54) is 29.2 Å². The highest BCUT2D eigenvalue weighted by atomic mass is 79.9. The normalized spacial score (nSPS) is 15.1. The van der Waals surface area contributed by atoms with Crippen molar-refractivity contribution in [2.45, 2.75) is 19.4 Å². The number of rotatable bonds is 6. The van der Waals surface area contributed by atoms with Crippen LogP contribution in [-0.2, 0) is 6.54 Å². The molecule has 0 atom stereocenters. The number of nitrogens with one attached hydrogen (secondary N) is 1. The SMILES string of the molecule is Clc1ccccc1-c1cc(NCC2CCN(Cc3ccc4ccccc4c3)CC2)n2ncc(Br)c2n1. The Hall–Kier alpha value is -2.93. The number of anilines is 1. The Balaban J connectivity index is 1.12. The Bertz CT molecular complexity index is 1520. The Morgan fingerprint density at radius 1 is 0.944 bits per heavy atom. The molecule has 0 unspecified atom stereocenters. The van der Waals surface area contributed by atoms with Crippen LogP contribution in [0.1, 0.15) is 18.4 Å². The second-order valence-corrected chi connectivity index (χ2v) is 10.8. The van der Waals surface area contributed by atoms with Gasteiger partial charge in [0.15, 0.2) is 5.65 Å². The van der Waals surface area contributed by atoms with Crippen LogP contribution in [0.25, 0.3) is 27.7 Å². The maximum atomic E-state index is 6.48. The molecule has 3 heterocycles. The summed E-state index contributed by atoms with van der Waals surface area (Å²) in [4.78, 5) is 7.39. The third kappa shape index (κ3) is 4.85. The molecule has 36 heavy (non-hydrogen) atoms. The van der Waals surface area contributed by atoms with Crippen molar-refractivity contribution in [3.63, 3.8) is 0 Å². The fourth-order valence-corrected chi connectivity index (χ4v) is 5.64. The highest BCUT2D eigenvalue weighted by molar-refractivity contribution is 9.10. The molecule has 0 saturated carbocycles. The highest BCUT2D eigenvalue weighted by Crippen LogP contribution is 2.31. The molecule has 182 valence electrons. The Labute approximate surface area is 224 Å². The van der Waals surface area contributed by atoms with E-state index in [0.717, 1.165) is 53.4 Å². The zero-order valence-corrected chi connectivity index (χ0v) is 22.2. The standard InChI is InChI=1S/C29H27BrClN5/c30-25-18-33-36-28(16-27(34-29(25)36)24-7-3-4-8-26(24)31)32-17-20-11-13-35(14-12-20)19-21-9-10-22-5-1-2-6-23(22)15-21/h1-10,15-16,18,20,32H,11-14,17,19H2. The fraction of sp³-hybridized carbons (Fsp3) is 0.241. The van der Waals surface area contributed by atoms with Gasteiger partial charge >= 0.3 is 0 Å². The van der Waals surface area contributed by atoms with Crippen molar-refractivity contribution in [2.24, 2.45) is 5.92 Å². The maximum absolute atomic E-state index is 6.48. The van der Waals surface area contributed by atoms with Crippen molar-refractivity contribution in [1.29, 1.82) is 0 Å². The summed E-state index contributed by atoms with van der Waals surface area (Å²) >= 11 is 10.1. The molecule has 1 aliphatic heterocycles. The number of hydrogen-bond donors (Lipinski definition) is 1. The minimum atomic E-state index is 0.615. The topological polar surface area (TPSA) is 45.5 Å². The minimum absolute atomic E-state index is 0.615. The Morgan fingerprint density at radius 2 is 1.72 bits per heavy atom. The monoisotopic (exact) mass is 559 g/mol. The predicted octanol–water partition coefficient (Wildman–Crippen LogP) is 7.29. The summed E-state index contributed by atoms with van der Waals surface area (Å²) in [7, 11) is 0. The van der Waals surface area contributed by atoms with Gasteiger partial charge in [0.1, 0.15) is 5.82 Å². The molecule has 6 rings (SSSR count). The molecule has 1 saturated heterocycles. The lowest BCUT2D eigenvalue weighted by Crippen LogP contribution is -2.35. The number of piperidine rings is 1. The first-order valence-electron chi connectivity index (χ1n) is 12.4. The second kappa shape index (κ2) is 10.2. The van der Waals surface area contributed by atoms with Gasteiger partial charge < -0.3 is 5.32 Å². The maximum Gasteiger partial charge on any atom is 0.172 e. The largest absolute Gasteiger partial charge is 0.370 e. The van der Waals surface area contributed by atoms with Crippen LogP contribution < -0.4 is 5.32 Å². The summed E-state index contributed by atoms with van der Waals surface area (Å²) < 4.78 is 2.72. The van der Waals surface area contributed by atoms with Gasteiger partial charge in [0.25, 0.3) is 0 Å². The van der Waals surface area contributed by atoms with Crippen molar-refractivity contribution in [2.75, 3.05) is 25.0 Å². The molecule has 2 aromatic heterocycles. The molecule has 0 aliphatic carbocycles. The highest BCUT2D eigenvalue weighted by Gasteiger charge is 2.20. The number of halogens is 2. The van der Waals surface area contributed by atoms with Crippen LogP contribution >= 0.6 is 27.5 Å². The number of likely N-dealkylation sites (tertiary alicyclic amines) is 1. The first-order valence-corrected chi connectivity index (χ1v) is 13.5. The molecular formula is C29H27BrClN5. The molecule has 1 N–H and O–H groups in total. The van der Waals surface area contributed by atoms with E-state index in [2.05, 4.69) is 73.7 Å². The summed E-state index contributed by atoms with van der Waals surface area (Å²) in [6.07, 6.45) is 4.14. The van der Waals surface area contributed by atoms with E-state index in [1.807, 2.05) is 34.8 Å². The number of nitrogens with zero attached hydrogens (tertiary/aromatic N) is 4. The molecule has 3 aromatic carbocycles. The summed E-state index contributed by atoms with van der Waals surface area (Å²) in [5, 5.41) is 11.5. The summed E-state index contributed by atoms with van der Waals surface area (Å²) in [6, 6.07) is 25.3. The van der Waals surface area contributed by atoms with Gasteiger partial charge in [-0.25, -0.2) is 4.98 Å². The zero-order chi connectivity index (χ0) is 24.5. The van der Waals surface area contributed by atoms with Crippen LogP contribution in [0.4, 0.5) is 5.82 Å². The van der Waals surface area contributed by atoms with Crippen LogP contribution in [-0.4, -0.2) is 39.1 Å². The predicted molar refractivity (Wildman–Crippen MR) is 152 cm³/mol. The van der Waals surface area contributed by atoms with E-state index in [0.29, 0.717) is 10.9 Å². The molecule has 7 heteroatoms. The van der Waals surface area contributed by atoms with Gasteiger partial charge in [0.2, 0.25) is 0 Å². The van der Waals surface area contributed by atoms with Crippen molar-refractivity contribution in [3.05, 3.63) is 94.1 Å². The van der Waals surface area contributed by atoms with Gasteiger partial charge in [0.05, 0.1) is 16.4 Å². The molecule has 0 bridgehead atoms. The molecule has 0 radical (unpaired) electrons. The van der Waals surface area contributed by atoms with Crippen LogP contribution in [0.5, 0.6) is 0 Å². The first kappa shape index (κ1) is 23.5. The van der Waals surface area contributed by atoms with E-state index in [-0.39, 0.29) is 0 Å². The van der Waals surface area contributed by atoms with Crippen molar-refractivity contribution >= 4 is 49.8 Å². The van der Waals surface area contributed by atoms with Gasteiger partial charge in [-0.15, -0.1) is 0 Å². The number of hydrogen-bond acceptors (Lipinski definition) is 4. The van der Waals surface area contributed by atoms with E-state index < -0.39 is 0 Å². The van der Waals surface area contributed by atoms with Crippen LogP contribution in [0.2, 0.25) is 5.02 Å². The van der Waals surface area contributed by atoms with Crippen molar-refractivity contribution < 1.29 is 0 Å². The molecule has 0 amide bonds. The van der Waals surface area contributed by atoms with Gasteiger partial charge in [-0.05, 0) is 76.2 Å². The summed E-state index contributed by atoms with van der Waals surface area (Å²) in [6.45, 7) is 4.15. The fourth-order valence-electron chi connectivity index (χ4n) is 5.06. The third-order valence-corrected chi connectivity index (χ3v) is 7.97. The molecule has 5 nitrogen and oxygen atoms in total. The molecule has 1 fully saturated rings. The Kier molecular flexibility index (Phi) is 6.65. The number of benzene rings is 3. The van der Waals surface area contributed by atoms with E-state index >= 15 is 0 Å². The van der Waals surface area contributed by atoms with Gasteiger partial charge in [-0.3, -0.25) is 4.90 Å². The van der Waals surface area contributed by atoms with Crippen molar-refractivity contribution in [1.82, 2.24) is 19.5 Å². The van der Waals surface area contributed by atoms with Crippen LogP contribution in [0, 0.1) is 5.92 Å². The average molecular weight is 561 g/mol. The zero-order valence-electron chi connectivity index (χ0n) is 19.9. The van der Waals surface area contributed by atoms with Gasteiger partial charge in [0, 0.05) is 29.7 Å². The third-order valence-electron chi connectivity index (χ3n) is 7.08. The average Bonchev–Trinajstić information content (AvgIpc) is 3.29. The minimum Gasteiger partial charge on any atom is -0.370 e.